The van der Waals surface area contributed by atoms with Crippen molar-refractivity contribution in [3.05, 3.63) is 30.3 Å². The summed E-state index contributed by atoms with van der Waals surface area (Å²) in [7, 11) is 1.99. The van der Waals surface area contributed by atoms with Gasteiger partial charge in [-0.05, 0) is 25.5 Å². The number of aliphatic hydroxyl groups is 1. The number of urea groups is 1. The lowest BCUT2D eigenvalue weighted by Crippen LogP contribution is -2.53. The van der Waals surface area contributed by atoms with Crippen molar-refractivity contribution in [2.24, 2.45) is 0 Å². The largest absolute Gasteiger partial charge is 0.394 e. The van der Waals surface area contributed by atoms with Crippen LogP contribution in [0, 0.1) is 0 Å². The molecule has 0 saturated carbocycles. The van der Waals surface area contributed by atoms with Gasteiger partial charge in [-0.2, -0.15) is 0 Å². The number of nitrogens with one attached hydrogen (secondary N) is 2. The van der Waals surface area contributed by atoms with Crippen LogP contribution in [0.15, 0.2) is 30.3 Å². The first-order valence-corrected chi connectivity index (χ1v) is 7.44. The van der Waals surface area contributed by atoms with Crippen LogP contribution in [0.2, 0.25) is 0 Å². The molecule has 0 aliphatic carbocycles. The molecular weight excluding hydrogens is 266 g/mol. The number of amides is 2. The van der Waals surface area contributed by atoms with E-state index in [1.807, 2.05) is 51.2 Å². The number of rotatable bonds is 8. The summed E-state index contributed by atoms with van der Waals surface area (Å²) in [6.07, 6.45) is 1.66. The summed E-state index contributed by atoms with van der Waals surface area (Å²) in [5, 5.41) is 15.0. The smallest absolute Gasteiger partial charge is 0.315 e. The van der Waals surface area contributed by atoms with Gasteiger partial charge in [0.1, 0.15) is 0 Å². The maximum atomic E-state index is 11.9. The van der Waals surface area contributed by atoms with Crippen molar-refractivity contribution in [2.45, 2.75) is 32.2 Å². The highest BCUT2D eigenvalue weighted by Crippen LogP contribution is 2.11. The quantitative estimate of drug-likeness (QED) is 0.686. The van der Waals surface area contributed by atoms with Gasteiger partial charge >= 0.3 is 6.03 Å². The van der Waals surface area contributed by atoms with Crippen LogP contribution >= 0.6 is 0 Å². The molecule has 5 nitrogen and oxygen atoms in total. The average molecular weight is 293 g/mol. The van der Waals surface area contributed by atoms with Gasteiger partial charge in [0.25, 0.3) is 0 Å². The Bertz CT molecular complexity index is 425. The third-order valence-electron chi connectivity index (χ3n) is 3.50. The fourth-order valence-electron chi connectivity index (χ4n) is 2.20. The maximum Gasteiger partial charge on any atom is 0.315 e. The molecule has 2 amide bonds. The van der Waals surface area contributed by atoms with Crippen LogP contribution in [0.25, 0.3) is 0 Å². The topological polar surface area (TPSA) is 64.6 Å². The fourth-order valence-corrected chi connectivity index (χ4v) is 2.20. The molecule has 118 valence electrons. The third kappa shape index (κ3) is 6.04. The van der Waals surface area contributed by atoms with Crippen LogP contribution in [0.1, 0.15) is 26.7 Å². The number of carbonyl (C=O) groups excluding carboxylic acids is 1. The van der Waals surface area contributed by atoms with Crippen molar-refractivity contribution in [3.8, 4) is 0 Å². The van der Waals surface area contributed by atoms with Gasteiger partial charge < -0.3 is 20.6 Å². The van der Waals surface area contributed by atoms with Crippen molar-refractivity contribution in [3.63, 3.8) is 0 Å². The summed E-state index contributed by atoms with van der Waals surface area (Å²) in [5.74, 6) is 0. The fraction of sp³-hybridized carbons (Fsp3) is 0.562. The normalized spacial score (nSPS) is 13.3. The molecule has 0 aliphatic rings. The minimum atomic E-state index is -0.551. The second kappa shape index (κ2) is 8.52. The second-order valence-corrected chi connectivity index (χ2v) is 5.61. The first-order valence-electron chi connectivity index (χ1n) is 7.44. The summed E-state index contributed by atoms with van der Waals surface area (Å²) in [5.41, 5.74) is 0.565. The Morgan fingerprint density at radius 2 is 2.00 bits per heavy atom. The van der Waals surface area contributed by atoms with Crippen molar-refractivity contribution in [2.75, 3.05) is 31.6 Å². The van der Waals surface area contributed by atoms with Gasteiger partial charge in [0.15, 0.2) is 0 Å². The van der Waals surface area contributed by atoms with Gasteiger partial charge in [0, 0.05) is 25.8 Å². The van der Waals surface area contributed by atoms with E-state index in [2.05, 4.69) is 15.5 Å². The number of likely N-dealkylation sites (N-methyl/N-ethyl adjacent to an activating group) is 1. The lowest BCUT2D eigenvalue weighted by molar-refractivity contribution is 0.163. The first kappa shape index (κ1) is 17.3. The SMILES string of the molecule is CCCC(C)(CO)NC(=O)NCCN(C)c1ccccc1. The zero-order chi connectivity index (χ0) is 15.7. The van der Waals surface area contributed by atoms with Crippen LogP contribution in [0.3, 0.4) is 0 Å². The molecule has 0 heterocycles. The highest BCUT2D eigenvalue weighted by atomic mass is 16.3. The monoisotopic (exact) mass is 293 g/mol. The number of aliphatic hydroxyl groups excluding tert-OH is 1. The summed E-state index contributed by atoms with van der Waals surface area (Å²) in [4.78, 5) is 13.9. The molecule has 0 aliphatic heterocycles. The highest BCUT2D eigenvalue weighted by Gasteiger charge is 2.24. The third-order valence-corrected chi connectivity index (χ3v) is 3.50. The molecule has 1 atom stereocenters. The van der Waals surface area contributed by atoms with Gasteiger partial charge in [0.2, 0.25) is 0 Å². The van der Waals surface area contributed by atoms with Crippen molar-refractivity contribution >= 4 is 11.7 Å². The number of para-hydroxylation sites is 1. The minimum absolute atomic E-state index is 0.0574. The Kier molecular flexibility index (Phi) is 7.02. The number of anilines is 1. The molecule has 1 aromatic rings. The molecule has 0 radical (unpaired) electrons. The molecule has 0 fully saturated rings. The standard InChI is InChI=1S/C16H27N3O2/c1-4-10-16(2,13-20)18-15(21)17-11-12-19(3)14-8-6-5-7-9-14/h5-9,20H,4,10-13H2,1-3H3,(H2,17,18,21). The molecule has 5 heteroatoms. The van der Waals surface area contributed by atoms with Gasteiger partial charge in [0.05, 0.1) is 12.1 Å². The van der Waals surface area contributed by atoms with E-state index in [-0.39, 0.29) is 12.6 Å². The summed E-state index contributed by atoms with van der Waals surface area (Å²) in [6, 6.07) is 9.79. The number of nitrogens with zero attached hydrogens (tertiary/aromatic N) is 1. The van der Waals surface area contributed by atoms with Gasteiger partial charge in [-0.15, -0.1) is 0 Å². The molecular formula is C16H27N3O2. The number of benzene rings is 1. The van der Waals surface area contributed by atoms with E-state index in [0.29, 0.717) is 6.54 Å². The van der Waals surface area contributed by atoms with E-state index in [1.54, 1.807) is 0 Å². The van der Waals surface area contributed by atoms with E-state index >= 15 is 0 Å². The Balaban J connectivity index is 2.33. The molecule has 0 bridgehead atoms. The van der Waals surface area contributed by atoms with E-state index in [1.165, 1.54) is 0 Å². The van der Waals surface area contributed by atoms with Crippen molar-refractivity contribution in [1.29, 1.82) is 0 Å². The van der Waals surface area contributed by atoms with Crippen LogP contribution in [-0.4, -0.2) is 43.4 Å². The summed E-state index contributed by atoms with van der Waals surface area (Å²) in [6.45, 7) is 5.10. The highest BCUT2D eigenvalue weighted by molar-refractivity contribution is 5.74. The Morgan fingerprint density at radius 3 is 2.57 bits per heavy atom. The second-order valence-electron chi connectivity index (χ2n) is 5.61. The van der Waals surface area contributed by atoms with Crippen molar-refractivity contribution in [1.82, 2.24) is 10.6 Å². The zero-order valence-electron chi connectivity index (χ0n) is 13.2. The summed E-state index contributed by atoms with van der Waals surface area (Å²) >= 11 is 0. The molecule has 1 rings (SSSR count). The van der Waals surface area contributed by atoms with Crippen LogP contribution < -0.4 is 15.5 Å². The molecule has 1 unspecified atom stereocenters. The van der Waals surface area contributed by atoms with Crippen LogP contribution in [0.4, 0.5) is 10.5 Å². The van der Waals surface area contributed by atoms with Crippen LogP contribution in [0.5, 0.6) is 0 Å². The summed E-state index contributed by atoms with van der Waals surface area (Å²) < 4.78 is 0. The number of carbonyl (C=O) groups is 1. The van der Waals surface area contributed by atoms with E-state index < -0.39 is 5.54 Å². The number of hydrogen-bond donors (Lipinski definition) is 3. The van der Waals surface area contributed by atoms with Gasteiger partial charge in [-0.1, -0.05) is 31.5 Å². The molecule has 0 aromatic heterocycles. The predicted molar refractivity (Wildman–Crippen MR) is 86.6 cm³/mol. The Morgan fingerprint density at radius 1 is 1.33 bits per heavy atom. The average Bonchev–Trinajstić information content (AvgIpc) is 2.48. The zero-order valence-corrected chi connectivity index (χ0v) is 13.2. The number of hydrogen-bond acceptors (Lipinski definition) is 3. The minimum Gasteiger partial charge on any atom is -0.394 e. The lowest BCUT2D eigenvalue weighted by Gasteiger charge is -2.28. The molecule has 21 heavy (non-hydrogen) atoms. The molecule has 0 saturated heterocycles. The van der Waals surface area contributed by atoms with Crippen LogP contribution in [-0.2, 0) is 0 Å². The van der Waals surface area contributed by atoms with Crippen molar-refractivity contribution < 1.29 is 9.90 Å². The first-order chi connectivity index (χ1) is 10.0. The molecule has 0 spiro atoms. The van der Waals surface area contributed by atoms with Gasteiger partial charge in [-0.3, -0.25) is 0 Å². The van der Waals surface area contributed by atoms with E-state index in [4.69, 9.17) is 0 Å². The Hall–Kier alpha value is -1.75. The maximum absolute atomic E-state index is 11.9. The predicted octanol–water partition coefficient (Wildman–Crippen LogP) is 1.97. The molecule has 3 N–H and O–H groups in total. The van der Waals surface area contributed by atoms with E-state index in [9.17, 15) is 9.90 Å². The van der Waals surface area contributed by atoms with Gasteiger partial charge in [-0.25, -0.2) is 4.79 Å². The molecule has 1 aromatic carbocycles. The lowest BCUT2D eigenvalue weighted by atomic mass is 9.98. The Labute approximate surface area is 127 Å². The van der Waals surface area contributed by atoms with E-state index in [0.717, 1.165) is 25.1 Å².